The van der Waals surface area contributed by atoms with Crippen LogP contribution in [0.15, 0.2) is 21.6 Å². The van der Waals surface area contributed by atoms with Crippen molar-refractivity contribution in [3.63, 3.8) is 0 Å². The van der Waals surface area contributed by atoms with E-state index in [9.17, 15) is 17.2 Å². The molecule has 0 aliphatic carbocycles. The molecule has 1 heterocycles. The molecule has 19 heavy (non-hydrogen) atoms. The molecule has 0 aliphatic rings. The lowest BCUT2D eigenvalue weighted by molar-refractivity contribution is 0.153. The Balaban J connectivity index is 3.05. The van der Waals surface area contributed by atoms with Gasteiger partial charge in [-0.1, -0.05) is 6.92 Å². The highest BCUT2D eigenvalue weighted by atomic mass is 79.9. The van der Waals surface area contributed by atoms with Crippen molar-refractivity contribution in [2.24, 2.45) is 0 Å². The van der Waals surface area contributed by atoms with E-state index >= 15 is 0 Å². The Morgan fingerprint density at radius 1 is 1.47 bits per heavy atom. The molecule has 0 aromatic carbocycles. The van der Waals surface area contributed by atoms with Crippen molar-refractivity contribution in [1.29, 1.82) is 0 Å². The van der Waals surface area contributed by atoms with Crippen LogP contribution in [0.4, 0.5) is 14.6 Å². The fraction of sp³-hybridized carbons (Fsp3) is 0.500. The molecule has 1 aromatic heterocycles. The van der Waals surface area contributed by atoms with E-state index in [0.717, 1.165) is 6.42 Å². The van der Waals surface area contributed by atoms with E-state index in [1.54, 1.807) is 0 Å². The van der Waals surface area contributed by atoms with E-state index in [2.05, 4.69) is 26.2 Å². The molecule has 0 fully saturated rings. The van der Waals surface area contributed by atoms with Gasteiger partial charge >= 0.3 is 0 Å². The summed E-state index contributed by atoms with van der Waals surface area (Å²) in [6, 6.07) is 1.32. The number of hydrogen-bond donors (Lipinski definition) is 2. The van der Waals surface area contributed by atoms with Crippen LogP contribution in [0.25, 0.3) is 0 Å². The first-order valence-electron chi connectivity index (χ1n) is 5.54. The highest BCUT2D eigenvalue weighted by Crippen LogP contribution is 2.22. The molecular formula is C10H14BrF2N3O2S. The molecule has 0 unspecified atom stereocenters. The number of nitrogens with one attached hydrogen (secondary N) is 2. The van der Waals surface area contributed by atoms with Gasteiger partial charge < -0.3 is 5.32 Å². The Bertz CT molecular complexity index is 526. The zero-order valence-corrected chi connectivity index (χ0v) is 12.6. The second kappa shape index (κ2) is 7.11. The summed E-state index contributed by atoms with van der Waals surface area (Å²) in [4.78, 5) is 3.79. The number of aromatic nitrogens is 1. The number of anilines is 1. The third-order valence-electron chi connectivity index (χ3n) is 2.08. The van der Waals surface area contributed by atoms with Crippen LogP contribution >= 0.6 is 15.9 Å². The monoisotopic (exact) mass is 357 g/mol. The van der Waals surface area contributed by atoms with Crippen LogP contribution in [0, 0.1) is 0 Å². The lowest BCUT2D eigenvalue weighted by Crippen LogP contribution is -2.29. The van der Waals surface area contributed by atoms with Crippen LogP contribution in [-0.2, 0) is 10.0 Å². The minimum absolute atomic E-state index is 0.145. The fourth-order valence-electron chi connectivity index (χ4n) is 1.25. The molecule has 5 nitrogen and oxygen atoms in total. The van der Waals surface area contributed by atoms with Crippen molar-refractivity contribution in [2.45, 2.75) is 24.7 Å². The van der Waals surface area contributed by atoms with Crippen LogP contribution in [0.1, 0.15) is 13.3 Å². The molecule has 0 spiro atoms. The predicted molar refractivity (Wildman–Crippen MR) is 71.9 cm³/mol. The molecule has 0 saturated carbocycles. The first kappa shape index (κ1) is 16.3. The zero-order chi connectivity index (χ0) is 14.5. The standard InChI is InChI=1S/C10H14BrF2N3O2S/c1-2-3-14-10-8(4-7(11)5-15-10)19(17,18)16-6-9(12)13/h4-5,9,16H,2-3,6H2,1H3,(H,14,15). The number of nitrogens with zero attached hydrogens (tertiary/aromatic N) is 1. The fourth-order valence-corrected chi connectivity index (χ4v) is 2.90. The number of sulfonamides is 1. The first-order valence-corrected chi connectivity index (χ1v) is 7.81. The van der Waals surface area contributed by atoms with E-state index in [1.165, 1.54) is 12.3 Å². The van der Waals surface area contributed by atoms with Gasteiger partial charge in [-0.2, -0.15) is 0 Å². The van der Waals surface area contributed by atoms with E-state index in [1.807, 2.05) is 11.6 Å². The molecule has 1 aromatic rings. The molecule has 0 atom stereocenters. The van der Waals surface area contributed by atoms with E-state index in [-0.39, 0.29) is 10.7 Å². The van der Waals surface area contributed by atoms with Gasteiger partial charge in [0, 0.05) is 17.2 Å². The van der Waals surface area contributed by atoms with Crippen molar-refractivity contribution in [3.05, 3.63) is 16.7 Å². The summed E-state index contributed by atoms with van der Waals surface area (Å²) in [5, 5.41) is 2.85. The largest absolute Gasteiger partial charge is 0.369 e. The summed E-state index contributed by atoms with van der Waals surface area (Å²) in [7, 11) is -4.02. The van der Waals surface area contributed by atoms with Crippen LogP contribution in [0.5, 0.6) is 0 Å². The molecule has 0 radical (unpaired) electrons. The second-order valence-corrected chi connectivity index (χ2v) is 6.32. The maximum atomic E-state index is 12.1. The van der Waals surface area contributed by atoms with Crippen molar-refractivity contribution < 1.29 is 17.2 Å². The predicted octanol–water partition coefficient (Wildman–Crippen LogP) is 2.21. The normalized spacial score (nSPS) is 11.8. The van der Waals surface area contributed by atoms with Crippen molar-refractivity contribution >= 4 is 31.8 Å². The van der Waals surface area contributed by atoms with Gasteiger partial charge in [0.05, 0.1) is 6.54 Å². The number of halogens is 3. The van der Waals surface area contributed by atoms with Crippen LogP contribution in [0.3, 0.4) is 0 Å². The quantitative estimate of drug-likeness (QED) is 0.784. The first-order chi connectivity index (χ1) is 8.86. The molecular weight excluding hydrogens is 344 g/mol. The summed E-state index contributed by atoms with van der Waals surface area (Å²) < 4.78 is 50.3. The molecule has 0 saturated heterocycles. The third-order valence-corrected chi connectivity index (χ3v) is 3.95. The molecule has 0 amide bonds. The summed E-state index contributed by atoms with van der Waals surface area (Å²) in [5.74, 6) is 0.145. The lowest BCUT2D eigenvalue weighted by atomic mass is 10.4. The van der Waals surface area contributed by atoms with Crippen LogP contribution in [0.2, 0.25) is 0 Å². The second-order valence-electron chi connectivity index (χ2n) is 3.67. The average molecular weight is 358 g/mol. The van der Waals surface area contributed by atoms with Crippen LogP contribution in [-0.4, -0.2) is 32.9 Å². The molecule has 9 heteroatoms. The smallest absolute Gasteiger partial charge is 0.251 e. The molecule has 2 N–H and O–H groups in total. The molecule has 1 rings (SSSR count). The van der Waals surface area contributed by atoms with Gasteiger partial charge in [0.1, 0.15) is 10.7 Å². The summed E-state index contributed by atoms with van der Waals surface area (Å²) in [6.45, 7) is 1.52. The Morgan fingerprint density at radius 3 is 2.74 bits per heavy atom. The molecule has 0 aliphatic heterocycles. The summed E-state index contributed by atoms with van der Waals surface area (Å²) >= 11 is 3.11. The van der Waals surface area contributed by atoms with Gasteiger partial charge in [0.25, 0.3) is 6.43 Å². The maximum absolute atomic E-state index is 12.1. The topological polar surface area (TPSA) is 71.1 Å². The van der Waals surface area contributed by atoms with E-state index in [4.69, 9.17) is 0 Å². The minimum atomic E-state index is -4.02. The van der Waals surface area contributed by atoms with Crippen molar-refractivity contribution in [2.75, 3.05) is 18.4 Å². The molecule has 108 valence electrons. The average Bonchev–Trinajstić information content (AvgIpc) is 2.35. The van der Waals surface area contributed by atoms with E-state index in [0.29, 0.717) is 11.0 Å². The summed E-state index contributed by atoms with van der Waals surface area (Å²) in [5.41, 5.74) is 0. The van der Waals surface area contributed by atoms with Gasteiger partial charge in [-0.15, -0.1) is 0 Å². The SMILES string of the molecule is CCCNc1ncc(Br)cc1S(=O)(=O)NCC(F)F. The number of hydrogen-bond acceptors (Lipinski definition) is 4. The summed E-state index contributed by atoms with van der Waals surface area (Å²) in [6.07, 6.45) is -0.534. The Kier molecular flexibility index (Phi) is 6.08. The van der Waals surface area contributed by atoms with Gasteiger partial charge in [-0.3, -0.25) is 0 Å². The van der Waals surface area contributed by atoms with Gasteiger partial charge in [0.2, 0.25) is 10.0 Å². The van der Waals surface area contributed by atoms with Crippen molar-refractivity contribution in [1.82, 2.24) is 9.71 Å². The highest BCUT2D eigenvalue weighted by molar-refractivity contribution is 9.10. The van der Waals surface area contributed by atoms with Gasteiger partial charge in [0.15, 0.2) is 0 Å². The van der Waals surface area contributed by atoms with Crippen LogP contribution < -0.4 is 10.0 Å². The van der Waals surface area contributed by atoms with Crippen molar-refractivity contribution in [3.8, 4) is 0 Å². The highest BCUT2D eigenvalue weighted by Gasteiger charge is 2.21. The van der Waals surface area contributed by atoms with E-state index < -0.39 is 23.0 Å². The number of rotatable bonds is 7. The maximum Gasteiger partial charge on any atom is 0.251 e. The Labute approximate surface area is 119 Å². The number of pyridine rings is 1. The Hall–Kier alpha value is -0.800. The molecule has 0 bridgehead atoms. The lowest BCUT2D eigenvalue weighted by Gasteiger charge is -2.12. The Morgan fingerprint density at radius 2 is 2.16 bits per heavy atom. The zero-order valence-electron chi connectivity index (χ0n) is 10.2. The third kappa shape index (κ3) is 5.00. The number of alkyl halides is 2. The van der Waals surface area contributed by atoms with Gasteiger partial charge in [-0.25, -0.2) is 26.9 Å². The minimum Gasteiger partial charge on any atom is -0.369 e. The van der Waals surface area contributed by atoms with Gasteiger partial charge in [-0.05, 0) is 28.4 Å².